The van der Waals surface area contributed by atoms with Gasteiger partial charge < -0.3 is 4.98 Å². The van der Waals surface area contributed by atoms with Crippen LogP contribution in [-0.4, -0.2) is 25.4 Å². The molecule has 0 spiro atoms. The third kappa shape index (κ3) is 5.87. The monoisotopic (exact) mass is 630 g/mol. The summed E-state index contributed by atoms with van der Waals surface area (Å²) >= 11 is 0. The second-order valence-corrected chi connectivity index (χ2v) is 7.35. The zero-order chi connectivity index (χ0) is 23.0. The predicted octanol–water partition coefficient (Wildman–Crippen LogP) is 6.10. The fourth-order valence-electron chi connectivity index (χ4n) is 3.45. The first-order valence-electron chi connectivity index (χ1n) is 10.8. The molecule has 4 aromatic carbocycles. The molecule has 0 unspecified atom stereocenters. The average molecular weight is 630 g/mol. The molecule has 0 saturated heterocycles. The average Bonchev–Trinajstić information content (AvgIpc) is 2.95. The molecule has 6 aromatic rings. The van der Waals surface area contributed by atoms with Crippen LogP contribution in [0.1, 0.15) is 0 Å². The van der Waals surface area contributed by atoms with Gasteiger partial charge in [0.05, 0.1) is 0 Å². The van der Waals surface area contributed by atoms with E-state index in [0.717, 1.165) is 22.4 Å². The van der Waals surface area contributed by atoms with Crippen LogP contribution in [0.15, 0.2) is 115 Å². The summed E-state index contributed by atoms with van der Waals surface area (Å²) < 4.78 is 0. The number of fused-ring (bicyclic) bond motifs is 1. The number of pyridine rings is 1. The van der Waals surface area contributed by atoms with E-state index >= 15 is 0 Å². The van der Waals surface area contributed by atoms with Gasteiger partial charge in [-0.15, -0.1) is 82.0 Å². The second-order valence-electron chi connectivity index (χ2n) is 7.35. The summed E-state index contributed by atoms with van der Waals surface area (Å²) in [6, 6.07) is 41.6. The van der Waals surface area contributed by atoms with E-state index in [1.165, 1.54) is 10.8 Å². The molecule has 2 aromatic heterocycles. The molecule has 0 amide bonds. The van der Waals surface area contributed by atoms with Gasteiger partial charge in [0.15, 0.2) is 0 Å². The normalized spacial score (nSPS) is 10.1. The smallest absolute Gasteiger partial charge is 0.201 e. The van der Waals surface area contributed by atoms with E-state index in [1.54, 1.807) is 0 Å². The molecule has 0 aliphatic heterocycles. The first-order valence-corrected chi connectivity index (χ1v) is 10.8. The van der Waals surface area contributed by atoms with Gasteiger partial charge in [0.1, 0.15) is 5.82 Å². The molecule has 0 aliphatic rings. The predicted molar refractivity (Wildman–Crippen MR) is 133 cm³/mol. The van der Waals surface area contributed by atoms with Crippen molar-refractivity contribution in [2.24, 2.45) is 0 Å². The molecule has 0 aliphatic carbocycles. The van der Waals surface area contributed by atoms with Crippen LogP contribution in [0.5, 0.6) is 0 Å². The maximum Gasteiger partial charge on any atom is 0.201 e. The van der Waals surface area contributed by atoms with E-state index in [0.29, 0.717) is 11.6 Å². The van der Waals surface area contributed by atoms with Crippen LogP contribution in [0.3, 0.4) is 0 Å². The van der Waals surface area contributed by atoms with Crippen LogP contribution in [0.25, 0.3) is 44.8 Å². The first kappa shape index (κ1) is 24.0. The molecule has 0 bridgehead atoms. The summed E-state index contributed by atoms with van der Waals surface area (Å²) in [5.74, 6) is 1.01. The summed E-state index contributed by atoms with van der Waals surface area (Å²) in [4.78, 5) is 4.45. The van der Waals surface area contributed by atoms with E-state index in [-0.39, 0.29) is 20.1 Å². The molecule has 0 N–H and O–H groups in total. The Morgan fingerprint density at radius 3 is 1.80 bits per heavy atom. The Kier molecular flexibility index (Phi) is 8.12. The molecule has 6 heteroatoms. The molecule has 5 nitrogen and oxygen atoms in total. The summed E-state index contributed by atoms with van der Waals surface area (Å²) in [6.07, 6.45) is 1.85. The van der Waals surface area contributed by atoms with Gasteiger partial charge in [-0.1, -0.05) is 54.6 Å². The number of hydrogen-bond acceptors (Lipinski definition) is 5. The van der Waals surface area contributed by atoms with Gasteiger partial charge in [-0.2, -0.15) is 10.2 Å². The van der Waals surface area contributed by atoms with Crippen LogP contribution >= 0.6 is 0 Å². The minimum Gasteiger partial charge on any atom is -0.304 e. The number of aromatic nitrogens is 5. The fraction of sp³-hybridized carbons (Fsp3) is 0. The van der Waals surface area contributed by atoms with E-state index in [4.69, 9.17) is 0 Å². The SMILES string of the molecule is [Ir].[c-]1ccccc1-c1nccc2ccccc12.[c-]1ccccc1-c1nnc(-c2ccccc2)nn1. The van der Waals surface area contributed by atoms with Gasteiger partial charge in [0.2, 0.25) is 5.82 Å². The van der Waals surface area contributed by atoms with E-state index in [2.05, 4.69) is 49.6 Å². The van der Waals surface area contributed by atoms with Gasteiger partial charge in [0, 0.05) is 31.9 Å². The largest absolute Gasteiger partial charge is 0.304 e. The molecule has 35 heavy (non-hydrogen) atoms. The molecule has 1 radical (unpaired) electrons. The van der Waals surface area contributed by atoms with E-state index in [9.17, 15) is 0 Å². The van der Waals surface area contributed by atoms with Crippen molar-refractivity contribution in [1.82, 2.24) is 25.4 Å². The first-order chi connectivity index (χ1) is 16.9. The molecular weight excluding hydrogens is 611 g/mol. The quantitative estimate of drug-likeness (QED) is 0.222. The summed E-state index contributed by atoms with van der Waals surface area (Å²) in [6.45, 7) is 0. The minimum absolute atomic E-state index is 0. The third-order valence-electron chi connectivity index (χ3n) is 5.10. The topological polar surface area (TPSA) is 64.5 Å². The Balaban J connectivity index is 0.000000161. The van der Waals surface area contributed by atoms with Crippen molar-refractivity contribution in [3.63, 3.8) is 0 Å². The zero-order valence-corrected chi connectivity index (χ0v) is 20.9. The fourth-order valence-corrected chi connectivity index (χ4v) is 3.45. The number of benzene rings is 4. The van der Waals surface area contributed by atoms with Crippen molar-refractivity contribution < 1.29 is 20.1 Å². The Morgan fingerprint density at radius 2 is 1.11 bits per heavy atom. The van der Waals surface area contributed by atoms with Crippen molar-refractivity contribution in [2.45, 2.75) is 0 Å². The Bertz CT molecular complexity index is 1410. The summed E-state index contributed by atoms with van der Waals surface area (Å²) in [5, 5.41) is 18.7. The minimum atomic E-state index is 0. The van der Waals surface area contributed by atoms with Gasteiger partial charge in [0.25, 0.3) is 0 Å². The van der Waals surface area contributed by atoms with Crippen LogP contribution in [0.2, 0.25) is 0 Å². The molecule has 171 valence electrons. The standard InChI is InChI=1S/C15H10N.C14H9N4.Ir/c1-2-7-13(8-3-1)15-14-9-5-4-6-12(14)10-11-16-15;1-3-7-11(8-4-1)13-15-17-14(18-16-13)12-9-5-2-6-10-12;/h1-7,9-11H;1-9H;/q2*-1;. The second kappa shape index (κ2) is 11.8. The summed E-state index contributed by atoms with van der Waals surface area (Å²) in [7, 11) is 0. The van der Waals surface area contributed by atoms with Crippen LogP contribution in [0.4, 0.5) is 0 Å². The molecule has 0 fully saturated rings. The zero-order valence-electron chi connectivity index (χ0n) is 18.5. The van der Waals surface area contributed by atoms with Crippen LogP contribution in [0, 0.1) is 12.1 Å². The number of rotatable bonds is 3. The Labute approximate surface area is 217 Å². The molecule has 0 atom stereocenters. The van der Waals surface area contributed by atoms with Gasteiger partial charge in [-0.25, -0.2) is 0 Å². The molecular formula is C29H19IrN5-2. The van der Waals surface area contributed by atoms with Crippen LogP contribution < -0.4 is 0 Å². The van der Waals surface area contributed by atoms with Crippen molar-refractivity contribution in [2.75, 3.05) is 0 Å². The molecule has 0 saturated carbocycles. The third-order valence-corrected chi connectivity index (χ3v) is 5.10. The maximum atomic E-state index is 4.45. The molecule has 6 rings (SSSR count). The Morgan fingerprint density at radius 1 is 0.514 bits per heavy atom. The van der Waals surface area contributed by atoms with Crippen molar-refractivity contribution in [3.8, 4) is 34.0 Å². The number of hydrogen-bond donors (Lipinski definition) is 0. The van der Waals surface area contributed by atoms with E-state index < -0.39 is 0 Å². The van der Waals surface area contributed by atoms with Gasteiger partial charge >= 0.3 is 0 Å². The van der Waals surface area contributed by atoms with Gasteiger partial charge in [-0.05, 0) is 22.5 Å². The van der Waals surface area contributed by atoms with Crippen molar-refractivity contribution in [1.29, 1.82) is 0 Å². The number of nitrogens with zero attached hydrogens (tertiary/aromatic N) is 5. The van der Waals surface area contributed by atoms with Crippen LogP contribution in [-0.2, 0) is 20.1 Å². The maximum absolute atomic E-state index is 4.45. The van der Waals surface area contributed by atoms with Crippen molar-refractivity contribution >= 4 is 10.8 Å². The van der Waals surface area contributed by atoms with Crippen molar-refractivity contribution in [3.05, 3.63) is 128 Å². The molecule has 2 heterocycles. The van der Waals surface area contributed by atoms with Gasteiger partial charge in [-0.3, -0.25) is 0 Å². The summed E-state index contributed by atoms with van der Waals surface area (Å²) in [5.41, 5.74) is 3.73. The van der Waals surface area contributed by atoms with E-state index in [1.807, 2.05) is 103 Å². The Hall–Kier alpha value is -4.12.